The lowest BCUT2D eigenvalue weighted by molar-refractivity contribution is 0.0945. The average molecular weight is 246 g/mol. The summed E-state index contributed by atoms with van der Waals surface area (Å²) in [5.41, 5.74) is 7.52. The van der Waals surface area contributed by atoms with Gasteiger partial charge < -0.3 is 11.1 Å². The zero-order valence-electron chi connectivity index (χ0n) is 10.2. The molecule has 94 valence electrons. The second kappa shape index (κ2) is 4.82. The molecular formula is C11H14N6O. The fourth-order valence-electron chi connectivity index (χ4n) is 1.58. The van der Waals surface area contributed by atoms with Crippen molar-refractivity contribution in [3.05, 3.63) is 35.5 Å². The first-order valence-corrected chi connectivity index (χ1v) is 5.41. The van der Waals surface area contributed by atoms with Crippen LogP contribution in [0.15, 0.2) is 18.6 Å². The van der Waals surface area contributed by atoms with Crippen LogP contribution >= 0.6 is 0 Å². The van der Waals surface area contributed by atoms with Crippen molar-refractivity contribution in [3.63, 3.8) is 0 Å². The van der Waals surface area contributed by atoms with Crippen molar-refractivity contribution in [2.45, 2.75) is 13.5 Å². The van der Waals surface area contributed by atoms with Gasteiger partial charge in [-0.15, -0.1) is 0 Å². The number of nitrogen functional groups attached to an aromatic ring is 1. The molecule has 0 aliphatic heterocycles. The van der Waals surface area contributed by atoms with Crippen LogP contribution in [0.3, 0.4) is 0 Å². The van der Waals surface area contributed by atoms with E-state index in [1.54, 1.807) is 4.68 Å². The SMILES string of the molecule is Cc1nn(C)cc1CNC(=O)c1cncc(N)n1. The van der Waals surface area contributed by atoms with Gasteiger partial charge in [0.2, 0.25) is 0 Å². The van der Waals surface area contributed by atoms with Crippen molar-refractivity contribution in [2.75, 3.05) is 5.73 Å². The molecule has 0 fully saturated rings. The lowest BCUT2D eigenvalue weighted by Gasteiger charge is -2.03. The fraction of sp³-hybridized carbons (Fsp3) is 0.273. The summed E-state index contributed by atoms with van der Waals surface area (Å²) in [4.78, 5) is 19.5. The molecule has 2 aromatic rings. The minimum atomic E-state index is -0.307. The molecule has 7 nitrogen and oxygen atoms in total. The molecule has 18 heavy (non-hydrogen) atoms. The Bertz CT molecular complexity index is 577. The Labute approximate surface area is 104 Å². The van der Waals surface area contributed by atoms with E-state index in [1.807, 2.05) is 20.2 Å². The third kappa shape index (κ3) is 2.62. The van der Waals surface area contributed by atoms with E-state index >= 15 is 0 Å². The Morgan fingerprint density at radius 1 is 1.50 bits per heavy atom. The van der Waals surface area contributed by atoms with Gasteiger partial charge in [0, 0.05) is 25.4 Å². The quantitative estimate of drug-likeness (QED) is 0.796. The molecule has 0 atom stereocenters. The zero-order chi connectivity index (χ0) is 13.1. The fourth-order valence-corrected chi connectivity index (χ4v) is 1.58. The van der Waals surface area contributed by atoms with Gasteiger partial charge in [0.05, 0.1) is 18.1 Å². The minimum Gasteiger partial charge on any atom is -0.382 e. The standard InChI is InChI=1S/C11H14N6O/c1-7-8(6-17(2)16-7)3-14-11(18)9-4-13-5-10(12)15-9/h4-6H,3H2,1-2H3,(H2,12,15)(H,14,18). The van der Waals surface area contributed by atoms with Gasteiger partial charge in [0.25, 0.3) is 5.91 Å². The van der Waals surface area contributed by atoms with Gasteiger partial charge in [-0.2, -0.15) is 5.10 Å². The van der Waals surface area contributed by atoms with E-state index in [4.69, 9.17) is 5.73 Å². The molecule has 1 amide bonds. The van der Waals surface area contributed by atoms with E-state index < -0.39 is 0 Å². The summed E-state index contributed by atoms with van der Waals surface area (Å²) in [6, 6.07) is 0. The summed E-state index contributed by atoms with van der Waals surface area (Å²) in [5.74, 6) is -0.0849. The first-order chi connectivity index (χ1) is 8.56. The second-order valence-electron chi connectivity index (χ2n) is 3.93. The van der Waals surface area contributed by atoms with E-state index in [0.717, 1.165) is 11.3 Å². The smallest absolute Gasteiger partial charge is 0.271 e. The summed E-state index contributed by atoms with van der Waals surface area (Å²) in [6.45, 7) is 2.29. The van der Waals surface area contributed by atoms with Crippen LogP contribution in [-0.2, 0) is 13.6 Å². The minimum absolute atomic E-state index is 0.205. The van der Waals surface area contributed by atoms with Crippen LogP contribution in [0.5, 0.6) is 0 Å². The molecule has 0 spiro atoms. The van der Waals surface area contributed by atoms with Crippen LogP contribution < -0.4 is 11.1 Å². The molecule has 0 aliphatic rings. The van der Waals surface area contributed by atoms with Gasteiger partial charge in [0.1, 0.15) is 11.5 Å². The molecule has 0 unspecified atom stereocenters. The number of hydrogen-bond donors (Lipinski definition) is 2. The number of nitrogens with zero attached hydrogens (tertiary/aromatic N) is 4. The summed E-state index contributed by atoms with van der Waals surface area (Å²) in [6.07, 6.45) is 4.63. The molecule has 0 aliphatic carbocycles. The van der Waals surface area contributed by atoms with Gasteiger partial charge in [0.15, 0.2) is 0 Å². The van der Waals surface area contributed by atoms with Gasteiger partial charge in [-0.3, -0.25) is 14.5 Å². The number of nitrogens with two attached hydrogens (primary N) is 1. The Kier molecular flexibility index (Phi) is 3.22. The number of amides is 1. The Hall–Kier alpha value is -2.44. The third-order valence-corrected chi connectivity index (χ3v) is 2.44. The molecule has 2 aromatic heterocycles. The molecule has 2 rings (SSSR count). The molecule has 0 aromatic carbocycles. The van der Waals surface area contributed by atoms with Crippen molar-refractivity contribution < 1.29 is 4.79 Å². The van der Waals surface area contributed by atoms with Crippen molar-refractivity contribution >= 4 is 11.7 Å². The Balaban J connectivity index is 2.02. The molecule has 7 heteroatoms. The summed E-state index contributed by atoms with van der Waals surface area (Å²) in [7, 11) is 1.84. The molecule has 0 bridgehead atoms. The van der Waals surface area contributed by atoms with Crippen molar-refractivity contribution in [1.82, 2.24) is 25.1 Å². The number of carbonyl (C=O) groups is 1. The van der Waals surface area contributed by atoms with Crippen LogP contribution in [0, 0.1) is 6.92 Å². The van der Waals surface area contributed by atoms with Gasteiger partial charge in [-0.1, -0.05) is 0 Å². The van der Waals surface area contributed by atoms with Crippen molar-refractivity contribution in [2.24, 2.45) is 7.05 Å². The first kappa shape index (κ1) is 12.0. The van der Waals surface area contributed by atoms with Gasteiger partial charge in [-0.05, 0) is 6.92 Å². The predicted molar refractivity (Wildman–Crippen MR) is 65.6 cm³/mol. The van der Waals surface area contributed by atoms with E-state index in [0.29, 0.717) is 6.54 Å². The normalized spacial score (nSPS) is 10.3. The number of anilines is 1. The molecule has 0 saturated heterocycles. The van der Waals surface area contributed by atoms with Gasteiger partial charge in [-0.25, -0.2) is 4.98 Å². The van der Waals surface area contributed by atoms with Crippen molar-refractivity contribution in [3.8, 4) is 0 Å². The summed E-state index contributed by atoms with van der Waals surface area (Å²) in [5, 5.41) is 6.94. The maximum Gasteiger partial charge on any atom is 0.271 e. The second-order valence-corrected chi connectivity index (χ2v) is 3.93. The number of aromatic nitrogens is 4. The van der Waals surface area contributed by atoms with E-state index in [1.165, 1.54) is 12.4 Å². The molecule has 0 radical (unpaired) electrons. The van der Waals surface area contributed by atoms with Crippen LogP contribution in [0.25, 0.3) is 0 Å². The highest BCUT2D eigenvalue weighted by molar-refractivity contribution is 5.92. The zero-order valence-corrected chi connectivity index (χ0v) is 10.2. The third-order valence-electron chi connectivity index (χ3n) is 2.44. The molecule has 2 heterocycles. The lowest BCUT2D eigenvalue weighted by atomic mass is 10.2. The lowest BCUT2D eigenvalue weighted by Crippen LogP contribution is -2.24. The summed E-state index contributed by atoms with van der Waals surface area (Å²) >= 11 is 0. The first-order valence-electron chi connectivity index (χ1n) is 5.41. The van der Waals surface area contributed by atoms with Crippen LogP contribution in [0.1, 0.15) is 21.7 Å². The van der Waals surface area contributed by atoms with Crippen molar-refractivity contribution in [1.29, 1.82) is 0 Å². The van der Waals surface area contributed by atoms with Crippen LogP contribution in [-0.4, -0.2) is 25.7 Å². The number of rotatable bonds is 3. The molecular weight excluding hydrogens is 232 g/mol. The number of hydrogen-bond acceptors (Lipinski definition) is 5. The highest BCUT2D eigenvalue weighted by Crippen LogP contribution is 2.04. The average Bonchev–Trinajstić information content (AvgIpc) is 2.65. The van der Waals surface area contributed by atoms with Crippen LogP contribution in [0.2, 0.25) is 0 Å². The highest BCUT2D eigenvalue weighted by Gasteiger charge is 2.09. The topological polar surface area (TPSA) is 98.7 Å². The van der Waals surface area contributed by atoms with E-state index in [2.05, 4.69) is 20.4 Å². The molecule has 3 N–H and O–H groups in total. The number of aryl methyl sites for hydroxylation is 2. The number of carbonyl (C=O) groups excluding carboxylic acids is 1. The highest BCUT2D eigenvalue weighted by atomic mass is 16.1. The maximum absolute atomic E-state index is 11.8. The maximum atomic E-state index is 11.8. The van der Waals surface area contributed by atoms with E-state index in [-0.39, 0.29) is 17.4 Å². The Morgan fingerprint density at radius 3 is 2.89 bits per heavy atom. The monoisotopic (exact) mass is 246 g/mol. The Morgan fingerprint density at radius 2 is 2.28 bits per heavy atom. The molecule has 0 saturated carbocycles. The largest absolute Gasteiger partial charge is 0.382 e. The van der Waals surface area contributed by atoms with Crippen LogP contribution in [0.4, 0.5) is 5.82 Å². The summed E-state index contributed by atoms with van der Waals surface area (Å²) < 4.78 is 1.71. The number of nitrogens with one attached hydrogen (secondary N) is 1. The predicted octanol–water partition coefficient (Wildman–Crippen LogP) is 0.0307. The van der Waals surface area contributed by atoms with Gasteiger partial charge >= 0.3 is 0 Å². The van der Waals surface area contributed by atoms with E-state index in [9.17, 15) is 4.79 Å².